The molecule has 5 rings (SSSR count). The summed E-state index contributed by atoms with van der Waals surface area (Å²) in [6, 6.07) is 14.8. The first-order valence-corrected chi connectivity index (χ1v) is 13.4. The van der Waals surface area contributed by atoms with Crippen LogP contribution in [0.4, 0.5) is 0 Å². The Morgan fingerprint density at radius 2 is 1.86 bits per heavy atom. The topological polar surface area (TPSA) is 80.7 Å². The molecule has 2 N–H and O–H groups in total. The van der Waals surface area contributed by atoms with Crippen molar-refractivity contribution in [2.75, 3.05) is 7.11 Å². The molecule has 194 valence electrons. The summed E-state index contributed by atoms with van der Waals surface area (Å²) in [5.41, 5.74) is 3.45. The number of pyridine rings is 1. The highest BCUT2D eigenvalue weighted by molar-refractivity contribution is 6.33. The van der Waals surface area contributed by atoms with E-state index in [9.17, 15) is 9.90 Å². The van der Waals surface area contributed by atoms with E-state index in [0.717, 1.165) is 54.4 Å². The van der Waals surface area contributed by atoms with E-state index in [4.69, 9.17) is 37.7 Å². The molecule has 1 aliphatic carbocycles. The van der Waals surface area contributed by atoms with Gasteiger partial charge in [-0.25, -0.2) is 4.98 Å². The summed E-state index contributed by atoms with van der Waals surface area (Å²) >= 11 is 13.0. The maximum absolute atomic E-state index is 12.6. The van der Waals surface area contributed by atoms with Gasteiger partial charge in [-0.3, -0.25) is 4.79 Å². The molecule has 2 atom stereocenters. The lowest BCUT2D eigenvalue weighted by Gasteiger charge is -2.44. The number of nitrogens with zero attached hydrogens (tertiary/aromatic N) is 1. The predicted octanol–water partition coefficient (Wildman–Crippen LogP) is 6.75. The maximum atomic E-state index is 12.6. The molecule has 1 spiro atoms. The van der Waals surface area contributed by atoms with Crippen LogP contribution in [0, 0.1) is 0 Å². The fraction of sp³-hybridized carbons (Fsp3) is 0.379. The van der Waals surface area contributed by atoms with Crippen LogP contribution in [-0.4, -0.2) is 34.8 Å². The predicted molar refractivity (Wildman–Crippen MR) is 145 cm³/mol. The Balaban J connectivity index is 1.72. The number of rotatable bonds is 5. The summed E-state index contributed by atoms with van der Waals surface area (Å²) in [5.74, 6) is 0.607. The van der Waals surface area contributed by atoms with Gasteiger partial charge in [-0.2, -0.15) is 0 Å². The minimum Gasteiger partial charge on any atom is -0.495 e. The zero-order valence-corrected chi connectivity index (χ0v) is 22.4. The zero-order chi connectivity index (χ0) is 26.2. The van der Waals surface area contributed by atoms with Crippen molar-refractivity contribution >= 4 is 29.1 Å². The molecule has 1 fully saturated rings. The number of carbonyl (C=O) groups is 1. The van der Waals surface area contributed by atoms with Crippen molar-refractivity contribution in [3.05, 3.63) is 64.1 Å². The number of methoxy groups -OCH3 is 1. The van der Waals surface area contributed by atoms with E-state index >= 15 is 0 Å². The van der Waals surface area contributed by atoms with Crippen molar-refractivity contribution in [3.8, 4) is 34.0 Å². The molecule has 37 heavy (non-hydrogen) atoms. The number of nitrogens with one attached hydrogen (secondary N) is 1. The number of hydrogen-bond donors (Lipinski definition) is 2. The Bertz CT molecular complexity index is 1320. The van der Waals surface area contributed by atoms with Gasteiger partial charge in [0.25, 0.3) is 0 Å². The number of halogens is 2. The van der Waals surface area contributed by atoms with E-state index in [1.165, 1.54) is 6.92 Å². The average Bonchev–Trinajstić information content (AvgIpc) is 2.89. The number of fused-ring (bicyclic) bond motifs is 1. The van der Waals surface area contributed by atoms with Gasteiger partial charge >= 0.3 is 0 Å². The van der Waals surface area contributed by atoms with Crippen LogP contribution in [0.5, 0.6) is 11.6 Å². The summed E-state index contributed by atoms with van der Waals surface area (Å²) in [7, 11) is 1.57. The molecule has 0 radical (unpaired) electrons. The lowest BCUT2D eigenvalue weighted by Crippen LogP contribution is -2.48. The number of aliphatic hydroxyl groups excluding tert-OH is 1. The molecule has 8 heteroatoms. The first-order valence-electron chi connectivity index (χ1n) is 12.6. The number of carbonyl (C=O) groups excluding carboxylic acids is 1. The van der Waals surface area contributed by atoms with Crippen LogP contribution in [0.2, 0.25) is 10.0 Å². The highest BCUT2D eigenvalue weighted by Crippen LogP contribution is 2.49. The van der Waals surface area contributed by atoms with Crippen molar-refractivity contribution in [3.63, 3.8) is 0 Å². The molecular weight excluding hydrogens is 511 g/mol. The van der Waals surface area contributed by atoms with Gasteiger partial charge in [0.05, 0.1) is 23.9 Å². The van der Waals surface area contributed by atoms with Crippen molar-refractivity contribution in [2.45, 2.75) is 63.2 Å². The molecule has 2 aromatic carbocycles. The molecule has 0 saturated heterocycles. The summed E-state index contributed by atoms with van der Waals surface area (Å²) in [6.45, 7) is 1.47. The second-order valence-corrected chi connectivity index (χ2v) is 10.7. The van der Waals surface area contributed by atoms with Crippen molar-refractivity contribution < 1.29 is 19.4 Å². The number of benzene rings is 2. The van der Waals surface area contributed by atoms with Crippen LogP contribution in [0.15, 0.2) is 48.5 Å². The van der Waals surface area contributed by atoms with Crippen molar-refractivity contribution in [1.82, 2.24) is 10.3 Å². The third kappa shape index (κ3) is 5.15. The molecule has 2 unspecified atom stereocenters. The second-order valence-electron chi connectivity index (χ2n) is 9.90. The summed E-state index contributed by atoms with van der Waals surface area (Å²) < 4.78 is 12.2. The molecule has 1 aromatic heterocycles. The van der Waals surface area contributed by atoms with Crippen LogP contribution >= 0.6 is 23.2 Å². The minimum atomic E-state index is -1.12. The molecule has 0 bridgehead atoms. The lowest BCUT2D eigenvalue weighted by molar-refractivity contribution is -0.130. The highest BCUT2D eigenvalue weighted by atomic mass is 35.5. The molecular formula is C29H30Cl2N2O4. The smallest absolute Gasteiger partial charge is 0.249 e. The largest absolute Gasteiger partial charge is 0.495 e. The number of hydrogen-bond acceptors (Lipinski definition) is 5. The number of aromatic nitrogens is 1. The third-order valence-electron chi connectivity index (χ3n) is 7.33. The van der Waals surface area contributed by atoms with Crippen molar-refractivity contribution in [2.24, 2.45) is 0 Å². The van der Waals surface area contributed by atoms with E-state index in [2.05, 4.69) is 5.32 Å². The van der Waals surface area contributed by atoms with Gasteiger partial charge in [-0.05, 0) is 62.4 Å². The fourth-order valence-corrected chi connectivity index (χ4v) is 5.82. The standard InChI is InChI=1S/C29H30Cl2N2O4/c1-17(34)27(35)32-24-16-29(12-6-3-7-13-29)37-28-21(24)15-20(18-10-11-23(31)25(14-18)36-2)26(33-28)19-8-4-5-9-22(19)30/h4-5,8-11,14-15,17,24,34H,3,6-7,12-13,16H2,1-2H3,(H,32,35). The Labute approximate surface area is 226 Å². The van der Waals surface area contributed by atoms with E-state index in [1.54, 1.807) is 13.2 Å². The minimum absolute atomic E-state index is 0.357. The number of ether oxygens (including phenoxy) is 2. The van der Waals surface area contributed by atoms with Gasteiger partial charge in [0.2, 0.25) is 11.8 Å². The van der Waals surface area contributed by atoms with Gasteiger partial charge < -0.3 is 19.9 Å². The SMILES string of the molecule is COc1cc(-c2cc3c(nc2-c2ccccc2Cl)OC2(CCCCC2)CC3NC(=O)C(C)O)ccc1Cl. The van der Waals surface area contributed by atoms with E-state index in [-0.39, 0.29) is 6.04 Å². The summed E-state index contributed by atoms with van der Waals surface area (Å²) in [5, 5.41) is 14.1. The monoisotopic (exact) mass is 540 g/mol. The first-order chi connectivity index (χ1) is 17.8. The van der Waals surface area contributed by atoms with Gasteiger partial charge in [0, 0.05) is 28.1 Å². The van der Waals surface area contributed by atoms with Crippen LogP contribution in [-0.2, 0) is 4.79 Å². The van der Waals surface area contributed by atoms with E-state index in [1.807, 2.05) is 42.5 Å². The van der Waals surface area contributed by atoms with Crippen LogP contribution < -0.4 is 14.8 Å². The van der Waals surface area contributed by atoms with Gasteiger partial charge in [-0.15, -0.1) is 0 Å². The number of aliphatic hydroxyl groups is 1. The first kappa shape index (κ1) is 25.8. The molecule has 1 aliphatic heterocycles. The fourth-order valence-electron chi connectivity index (χ4n) is 5.40. The molecule has 1 amide bonds. The second kappa shape index (κ2) is 10.5. The number of amides is 1. The van der Waals surface area contributed by atoms with Crippen molar-refractivity contribution in [1.29, 1.82) is 0 Å². The summed E-state index contributed by atoms with van der Waals surface area (Å²) in [6.07, 6.45) is 4.58. The molecule has 2 heterocycles. The van der Waals surface area contributed by atoms with Crippen LogP contribution in [0.25, 0.3) is 22.4 Å². The molecule has 2 aliphatic rings. The maximum Gasteiger partial charge on any atom is 0.249 e. The van der Waals surface area contributed by atoms with Gasteiger partial charge in [-0.1, -0.05) is 53.9 Å². The van der Waals surface area contributed by atoms with Gasteiger partial charge in [0.1, 0.15) is 17.5 Å². The zero-order valence-electron chi connectivity index (χ0n) is 20.9. The Morgan fingerprint density at radius 3 is 2.57 bits per heavy atom. The normalized spacial score (nSPS) is 19.0. The van der Waals surface area contributed by atoms with Crippen LogP contribution in [0.1, 0.15) is 57.1 Å². The van der Waals surface area contributed by atoms with Gasteiger partial charge in [0.15, 0.2) is 0 Å². The average molecular weight is 541 g/mol. The van der Waals surface area contributed by atoms with E-state index in [0.29, 0.717) is 33.8 Å². The molecule has 1 saturated carbocycles. The van der Waals surface area contributed by atoms with Crippen LogP contribution in [0.3, 0.4) is 0 Å². The Hall–Kier alpha value is -2.80. The Morgan fingerprint density at radius 1 is 1.11 bits per heavy atom. The Kier molecular flexibility index (Phi) is 7.35. The highest BCUT2D eigenvalue weighted by Gasteiger charge is 2.43. The third-order valence-corrected chi connectivity index (χ3v) is 7.97. The quantitative estimate of drug-likeness (QED) is 0.373. The van der Waals surface area contributed by atoms with E-state index < -0.39 is 17.6 Å². The molecule has 3 aromatic rings. The lowest BCUT2D eigenvalue weighted by atomic mass is 9.77. The molecule has 6 nitrogen and oxygen atoms in total. The summed E-state index contributed by atoms with van der Waals surface area (Å²) in [4.78, 5) is 17.7.